The summed E-state index contributed by atoms with van der Waals surface area (Å²) in [5, 5.41) is 3.68. The smallest absolute Gasteiger partial charge is 0.261 e. The van der Waals surface area contributed by atoms with Crippen molar-refractivity contribution in [3.63, 3.8) is 0 Å². The van der Waals surface area contributed by atoms with Gasteiger partial charge in [0, 0.05) is 17.6 Å². The maximum Gasteiger partial charge on any atom is 0.261 e. The van der Waals surface area contributed by atoms with Crippen LogP contribution in [0.2, 0.25) is 10.0 Å². The van der Waals surface area contributed by atoms with Crippen molar-refractivity contribution in [2.45, 2.75) is 45.8 Å². The first-order chi connectivity index (χ1) is 14.7. The van der Waals surface area contributed by atoms with Crippen LogP contribution in [0.4, 0.5) is 0 Å². The molecule has 0 heterocycles. The highest BCUT2D eigenvalue weighted by atomic mass is 35.5. The first-order valence-corrected chi connectivity index (χ1v) is 10.8. The summed E-state index contributed by atoms with van der Waals surface area (Å²) in [6.07, 6.45) is 0.460. The molecule has 0 fully saturated rings. The van der Waals surface area contributed by atoms with E-state index < -0.39 is 6.04 Å². The first kappa shape index (κ1) is 24.8. The predicted octanol–water partition coefficient (Wildman–Crippen LogP) is 4.71. The number of hydrogen-bond donors (Lipinski definition) is 1. The molecular formula is C23H28Cl2N2O4. The second-order valence-electron chi connectivity index (χ2n) is 7.32. The summed E-state index contributed by atoms with van der Waals surface area (Å²) >= 11 is 12.0. The number of amides is 2. The molecule has 0 aliphatic heterocycles. The van der Waals surface area contributed by atoms with Crippen molar-refractivity contribution in [1.82, 2.24) is 10.2 Å². The second kappa shape index (κ2) is 11.8. The minimum Gasteiger partial charge on any atom is -0.497 e. The van der Waals surface area contributed by atoms with Gasteiger partial charge in [-0.05, 0) is 56.2 Å². The lowest BCUT2D eigenvalue weighted by Gasteiger charge is -2.31. The average molecular weight is 467 g/mol. The molecule has 0 saturated carbocycles. The van der Waals surface area contributed by atoms with Gasteiger partial charge in [0.1, 0.15) is 17.5 Å². The van der Waals surface area contributed by atoms with Crippen LogP contribution in [0, 0.1) is 0 Å². The molecule has 2 rings (SSSR count). The monoisotopic (exact) mass is 466 g/mol. The number of carbonyl (C=O) groups is 2. The fourth-order valence-electron chi connectivity index (χ4n) is 3.04. The maximum atomic E-state index is 13.1. The number of benzene rings is 2. The van der Waals surface area contributed by atoms with Crippen molar-refractivity contribution in [1.29, 1.82) is 0 Å². The molecule has 0 aromatic heterocycles. The molecule has 168 valence electrons. The predicted molar refractivity (Wildman–Crippen MR) is 123 cm³/mol. The Labute approximate surface area is 193 Å². The summed E-state index contributed by atoms with van der Waals surface area (Å²) < 4.78 is 10.8. The van der Waals surface area contributed by atoms with Crippen LogP contribution >= 0.6 is 23.2 Å². The van der Waals surface area contributed by atoms with Gasteiger partial charge in [0.2, 0.25) is 5.91 Å². The molecular weight excluding hydrogens is 439 g/mol. The van der Waals surface area contributed by atoms with E-state index in [2.05, 4.69) is 5.32 Å². The molecule has 2 aromatic carbocycles. The number of carbonyl (C=O) groups excluding carboxylic acids is 2. The van der Waals surface area contributed by atoms with E-state index >= 15 is 0 Å². The van der Waals surface area contributed by atoms with Crippen LogP contribution in [-0.2, 0) is 16.1 Å². The van der Waals surface area contributed by atoms with Crippen molar-refractivity contribution < 1.29 is 19.1 Å². The zero-order chi connectivity index (χ0) is 23.0. The quantitative estimate of drug-likeness (QED) is 0.550. The van der Waals surface area contributed by atoms with Gasteiger partial charge in [-0.2, -0.15) is 0 Å². The lowest BCUT2D eigenvalue weighted by Crippen LogP contribution is -2.51. The van der Waals surface area contributed by atoms with E-state index in [4.69, 9.17) is 32.7 Å². The zero-order valence-electron chi connectivity index (χ0n) is 18.2. The van der Waals surface area contributed by atoms with E-state index in [0.29, 0.717) is 28.0 Å². The van der Waals surface area contributed by atoms with Crippen molar-refractivity contribution in [2.24, 2.45) is 0 Å². The number of methoxy groups -OCH3 is 1. The van der Waals surface area contributed by atoms with Gasteiger partial charge in [-0.15, -0.1) is 0 Å². The number of ether oxygens (including phenoxy) is 2. The van der Waals surface area contributed by atoms with E-state index in [1.54, 1.807) is 25.3 Å². The minimum absolute atomic E-state index is 0.0383. The van der Waals surface area contributed by atoms with Crippen LogP contribution in [0.25, 0.3) is 0 Å². The Morgan fingerprint density at radius 2 is 1.77 bits per heavy atom. The van der Waals surface area contributed by atoms with Crippen molar-refractivity contribution in [3.05, 3.63) is 58.1 Å². The molecule has 0 aliphatic rings. The molecule has 0 saturated heterocycles. The third kappa shape index (κ3) is 7.33. The van der Waals surface area contributed by atoms with Crippen molar-refractivity contribution in [3.8, 4) is 11.5 Å². The first-order valence-electron chi connectivity index (χ1n) is 10.1. The standard InChI is InChI=1S/C23H28Cl2N2O4/c1-5-20(23(29)26-15(2)3)27(13-16-6-9-18(30-4)10-7-16)22(28)14-31-21-11-8-17(24)12-19(21)25/h6-12,15,20H,5,13-14H2,1-4H3,(H,26,29). The van der Waals surface area contributed by atoms with Gasteiger partial charge in [-0.3, -0.25) is 9.59 Å². The zero-order valence-corrected chi connectivity index (χ0v) is 19.7. The average Bonchev–Trinajstić information content (AvgIpc) is 2.72. The van der Waals surface area contributed by atoms with Gasteiger partial charge in [-0.1, -0.05) is 42.3 Å². The van der Waals surface area contributed by atoms with Gasteiger partial charge in [0.05, 0.1) is 12.1 Å². The molecule has 2 aromatic rings. The number of nitrogens with zero attached hydrogens (tertiary/aromatic N) is 1. The summed E-state index contributed by atoms with van der Waals surface area (Å²) in [6.45, 7) is 5.63. The molecule has 6 nitrogen and oxygen atoms in total. The lowest BCUT2D eigenvalue weighted by atomic mass is 10.1. The van der Waals surface area contributed by atoms with Crippen molar-refractivity contribution in [2.75, 3.05) is 13.7 Å². The molecule has 31 heavy (non-hydrogen) atoms. The normalized spacial score (nSPS) is 11.7. The Morgan fingerprint density at radius 3 is 2.32 bits per heavy atom. The molecule has 0 radical (unpaired) electrons. The van der Waals surface area contributed by atoms with E-state index in [9.17, 15) is 9.59 Å². The van der Waals surface area contributed by atoms with Crippen LogP contribution in [0.15, 0.2) is 42.5 Å². The lowest BCUT2D eigenvalue weighted by molar-refractivity contribution is -0.143. The second-order valence-corrected chi connectivity index (χ2v) is 8.16. The molecule has 0 spiro atoms. The third-order valence-electron chi connectivity index (χ3n) is 4.57. The highest BCUT2D eigenvalue weighted by Crippen LogP contribution is 2.27. The van der Waals surface area contributed by atoms with E-state index in [0.717, 1.165) is 5.56 Å². The molecule has 1 unspecified atom stereocenters. The highest BCUT2D eigenvalue weighted by molar-refractivity contribution is 6.35. The Balaban J connectivity index is 2.23. The number of hydrogen-bond acceptors (Lipinski definition) is 4. The number of halogens is 2. The summed E-state index contributed by atoms with van der Waals surface area (Å²) in [5.74, 6) is 0.534. The van der Waals surface area contributed by atoms with Gasteiger partial charge >= 0.3 is 0 Å². The Morgan fingerprint density at radius 1 is 1.10 bits per heavy atom. The molecule has 1 atom stereocenters. The summed E-state index contributed by atoms with van der Waals surface area (Å²) in [4.78, 5) is 27.5. The van der Waals surface area contributed by atoms with E-state index in [1.165, 1.54) is 4.90 Å². The summed E-state index contributed by atoms with van der Waals surface area (Å²) in [5.41, 5.74) is 0.870. The Hall–Kier alpha value is -2.44. The Kier molecular flexibility index (Phi) is 9.46. The van der Waals surface area contributed by atoms with Crippen LogP contribution in [0.1, 0.15) is 32.8 Å². The van der Waals surface area contributed by atoms with Gasteiger partial charge in [0.25, 0.3) is 5.91 Å². The minimum atomic E-state index is -0.638. The highest BCUT2D eigenvalue weighted by Gasteiger charge is 2.29. The van der Waals surface area contributed by atoms with Crippen LogP contribution in [0.3, 0.4) is 0 Å². The summed E-state index contributed by atoms with van der Waals surface area (Å²) in [7, 11) is 1.59. The Bertz CT molecular complexity index is 888. The van der Waals surface area contributed by atoms with Crippen LogP contribution in [-0.4, -0.2) is 42.5 Å². The van der Waals surface area contributed by atoms with E-state index in [-0.39, 0.29) is 31.0 Å². The third-order valence-corrected chi connectivity index (χ3v) is 5.10. The fourth-order valence-corrected chi connectivity index (χ4v) is 3.51. The van der Waals surface area contributed by atoms with E-state index in [1.807, 2.05) is 45.0 Å². The largest absolute Gasteiger partial charge is 0.497 e. The fraction of sp³-hybridized carbons (Fsp3) is 0.391. The molecule has 8 heteroatoms. The topological polar surface area (TPSA) is 67.9 Å². The van der Waals surface area contributed by atoms with Crippen molar-refractivity contribution >= 4 is 35.0 Å². The molecule has 0 aliphatic carbocycles. The summed E-state index contributed by atoms with van der Waals surface area (Å²) in [6, 6.07) is 11.5. The van der Waals surface area contributed by atoms with Gasteiger partial charge in [0.15, 0.2) is 6.61 Å². The number of nitrogens with one attached hydrogen (secondary N) is 1. The van der Waals surface area contributed by atoms with Gasteiger partial charge < -0.3 is 19.7 Å². The van der Waals surface area contributed by atoms with Crippen LogP contribution in [0.5, 0.6) is 11.5 Å². The van der Waals surface area contributed by atoms with Gasteiger partial charge in [-0.25, -0.2) is 0 Å². The molecule has 0 bridgehead atoms. The number of rotatable bonds is 10. The molecule has 1 N–H and O–H groups in total. The molecule has 2 amide bonds. The van der Waals surface area contributed by atoms with Crippen LogP contribution < -0.4 is 14.8 Å². The maximum absolute atomic E-state index is 13.1. The SMILES string of the molecule is CCC(C(=O)NC(C)C)N(Cc1ccc(OC)cc1)C(=O)COc1ccc(Cl)cc1Cl.